The van der Waals surface area contributed by atoms with Gasteiger partial charge in [-0.25, -0.2) is 0 Å². The van der Waals surface area contributed by atoms with Crippen molar-refractivity contribution >= 4 is 37.9 Å². The van der Waals surface area contributed by atoms with Crippen LogP contribution in [0.5, 0.6) is 0 Å². The largest absolute Gasteiger partial charge is 0.0778 e. The number of allylic oxidation sites excluding steroid dienone is 8. The van der Waals surface area contributed by atoms with E-state index in [2.05, 4.69) is 159 Å². The van der Waals surface area contributed by atoms with E-state index in [4.69, 9.17) is 0 Å². The summed E-state index contributed by atoms with van der Waals surface area (Å²) < 4.78 is 0. The first-order chi connectivity index (χ1) is 21.2. The molecule has 0 spiro atoms. The summed E-state index contributed by atoms with van der Waals surface area (Å²) in [6.07, 6.45) is 15.6. The highest BCUT2D eigenvalue weighted by molar-refractivity contribution is 6.15. The van der Waals surface area contributed by atoms with Crippen LogP contribution in [0.3, 0.4) is 0 Å². The molecule has 0 nitrogen and oxygen atoms in total. The van der Waals surface area contributed by atoms with Gasteiger partial charge in [0.15, 0.2) is 0 Å². The summed E-state index contributed by atoms with van der Waals surface area (Å²) in [5, 5.41) is 7.86. The van der Waals surface area contributed by atoms with Crippen molar-refractivity contribution in [2.45, 2.75) is 19.8 Å². The number of benzene rings is 6. The molecule has 0 amide bonds. The van der Waals surface area contributed by atoms with Crippen LogP contribution >= 0.6 is 0 Å². The molecular formula is C43H34. The van der Waals surface area contributed by atoms with E-state index in [0.717, 1.165) is 6.42 Å². The second-order valence-corrected chi connectivity index (χ2v) is 12.2. The van der Waals surface area contributed by atoms with E-state index in [-0.39, 0.29) is 0 Å². The Labute approximate surface area is 254 Å². The first-order valence-corrected chi connectivity index (χ1v) is 15.5. The van der Waals surface area contributed by atoms with Crippen LogP contribution in [-0.2, 0) is 6.42 Å². The fraction of sp³-hybridized carbons (Fsp3) is 0.116. The number of rotatable bonds is 4. The quantitative estimate of drug-likeness (QED) is 0.192. The standard InChI is InChI=1S/C43H34/c1-29-11-3-2-4-14-36(41-28-35(41)25-29)32-21-19-30(20-22-32)26-42-37-15-7-9-17-39(37)43(40-18-10-8-16-38(40)42)34-24-23-31-12-5-6-13-33(31)27-34/h2-25,27,35,41H,26,28H2,1H3/b4-2+,11-3-,29-25+,36-14+. The second kappa shape index (κ2) is 10.7. The lowest BCUT2D eigenvalue weighted by molar-refractivity contribution is 1.00. The summed E-state index contributed by atoms with van der Waals surface area (Å²) in [5.74, 6) is 1.27. The third kappa shape index (κ3) is 4.84. The van der Waals surface area contributed by atoms with Gasteiger partial charge < -0.3 is 0 Å². The molecule has 2 aliphatic carbocycles. The van der Waals surface area contributed by atoms with Gasteiger partial charge in [-0.15, -0.1) is 0 Å². The van der Waals surface area contributed by atoms with Crippen LogP contribution in [0.2, 0.25) is 0 Å². The summed E-state index contributed by atoms with van der Waals surface area (Å²) in [6, 6.07) is 42.9. The summed E-state index contributed by atoms with van der Waals surface area (Å²) in [4.78, 5) is 0. The van der Waals surface area contributed by atoms with Crippen LogP contribution in [0.1, 0.15) is 30.0 Å². The molecular weight excluding hydrogens is 516 g/mol. The van der Waals surface area contributed by atoms with Crippen LogP contribution in [0.25, 0.3) is 49.0 Å². The maximum absolute atomic E-state index is 2.44. The number of fused-ring (bicyclic) bond motifs is 4. The summed E-state index contributed by atoms with van der Waals surface area (Å²) in [5.41, 5.74) is 9.51. The van der Waals surface area contributed by atoms with E-state index in [9.17, 15) is 0 Å². The Morgan fingerprint density at radius 3 is 2.00 bits per heavy atom. The lowest BCUT2D eigenvalue weighted by atomic mass is 9.85. The highest BCUT2D eigenvalue weighted by atomic mass is 14.4. The van der Waals surface area contributed by atoms with Gasteiger partial charge in [-0.1, -0.05) is 151 Å². The topological polar surface area (TPSA) is 0 Å². The van der Waals surface area contributed by atoms with Crippen LogP contribution in [0.4, 0.5) is 0 Å². The minimum Gasteiger partial charge on any atom is -0.0778 e. The van der Waals surface area contributed by atoms with E-state index >= 15 is 0 Å². The Morgan fingerprint density at radius 1 is 0.605 bits per heavy atom. The molecule has 206 valence electrons. The molecule has 0 bridgehead atoms. The molecule has 0 radical (unpaired) electrons. The van der Waals surface area contributed by atoms with Gasteiger partial charge in [0.1, 0.15) is 0 Å². The second-order valence-electron chi connectivity index (χ2n) is 12.2. The van der Waals surface area contributed by atoms with E-state index in [1.165, 1.54) is 77.7 Å². The van der Waals surface area contributed by atoms with Crippen molar-refractivity contribution in [3.63, 3.8) is 0 Å². The van der Waals surface area contributed by atoms with Crippen molar-refractivity contribution < 1.29 is 0 Å². The summed E-state index contributed by atoms with van der Waals surface area (Å²) in [6.45, 7) is 2.21. The van der Waals surface area contributed by atoms with E-state index in [0.29, 0.717) is 11.8 Å². The molecule has 0 heterocycles. The zero-order valence-corrected chi connectivity index (χ0v) is 24.5. The first-order valence-electron chi connectivity index (χ1n) is 15.5. The average Bonchev–Trinajstić information content (AvgIpc) is 3.81. The van der Waals surface area contributed by atoms with Crippen molar-refractivity contribution in [3.05, 3.63) is 174 Å². The van der Waals surface area contributed by atoms with Gasteiger partial charge in [0.2, 0.25) is 0 Å². The van der Waals surface area contributed by atoms with Crippen LogP contribution in [0, 0.1) is 11.8 Å². The fourth-order valence-corrected chi connectivity index (χ4v) is 7.10. The molecule has 2 unspecified atom stereocenters. The molecule has 43 heavy (non-hydrogen) atoms. The van der Waals surface area contributed by atoms with Gasteiger partial charge in [0, 0.05) is 0 Å². The predicted octanol–water partition coefficient (Wildman–Crippen LogP) is 11.5. The Bertz CT molecular complexity index is 2070. The fourth-order valence-electron chi connectivity index (χ4n) is 7.10. The highest BCUT2D eigenvalue weighted by Crippen LogP contribution is 2.50. The number of hydrogen-bond donors (Lipinski definition) is 0. The van der Waals surface area contributed by atoms with Crippen LogP contribution in [-0.4, -0.2) is 0 Å². The lowest BCUT2D eigenvalue weighted by Crippen LogP contribution is -1.96. The smallest absolute Gasteiger partial charge is 0.00134 e. The molecule has 0 aromatic heterocycles. The Balaban J connectivity index is 1.21. The van der Waals surface area contributed by atoms with Gasteiger partial charge in [-0.3, -0.25) is 0 Å². The molecule has 0 heteroatoms. The monoisotopic (exact) mass is 550 g/mol. The maximum Gasteiger partial charge on any atom is -0.00134 e. The van der Waals surface area contributed by atoms with Gasteiger partial charge in [-0.2, -0.15) is 0 Å². The van der Waals surface area contributed by atoms with Crippen LogP contribution < -0.4 is 0 Å². The van der Waals surface area contributed by atoms with Crippen molar-refractivity contribution in [1.29, 1.82) is 0 Å². The van der Waals surface area contributed by atoms with Crippen molar-refractivity contribution in [1.82, 2.24) is 0 Å². The van der Waals surface area contributed by atoms with Crippen molar-refractivity contribution in [2.24, 2.45) is 11.8 Å². The van der Waals surface area contributed by atoms with Gasteiger partial charge in [0.25, 0.3) is 0 Å². The minimum absolute atomic E-state index is 0.618. The van der Waals surface area contributed by atoms with Crippen LogP contribution in [0.15, 0.2) is 157 Å². The van der Waals surface area contributed by atoms with Gasteiger partial charge in [-0.05, 0) is 103 Å². The predicted molar refractivity (Wildman–Crippen MR) is 185 cm³/mol. The van der Waals surface area contributed by atoms with Gasteiger partial charge >= 0.3 is 0 Å². The first kappa shape index (κ1) is 25.7. The molecule has 1 saturated carbocycles. The summed E-state index contributed by atoms with van der Waals surface area (Å²) in [7, 11) is 0. The van der Waals surface area contributed by atoms with Crippen molar-refractivity contribution in [2.75, 3.05) is 0 Å². The third-order valence-corrected chi connectivity index (χ3v) is 9.32. The molecule has 6 aromatic carbocycles. The minimum atomic E-state index is 0.618. The lowest BCUT2D eigenvalue weighted by Gasteiger charge is -2.18. The normalized spacial score (nSPS) is 21.9. The molecule has 0 saturated heterocycles. The Morgan fingerprint density at radius 2 is 1.26 bits per heavy atom. The molecule has 1 fully saturated rings. The van der Waals surface area contributed by atoms with Gasteiger partial charge in [0.05, 0.1) is 0 Å². The Hall–Kier alpha value is -4.94. The molecule has 6 aromatic rings. The zero-order chi connectivity index (χ0) is 28.8. The zero-order valence-electron chi connectivity index (χ0n) is 24.5. The Kier molecular flexibility index (Phi) is 6.42. The molecule has 2 aliphatic rings. The SMILES string of the molecule is CC1=C\C2CC2/C(c2ccc(Cc3c4ccccc4c(-c4ccc5ccccc5c4)c4ccccc34)cc2)=C/C=C/C=C\1. The molecule has 0 N–H and O–H groups in total. The van der Waals surface area contributed by atoms with E-state index in [1.54, 1.807) is 0 Å². The average molecular weight is 551 g/mol. The summed E-state index contributed by atoms with van der Waals surface area (Å²) >= 11 is 0. The molecule has 8 rings (SSSR count). The van der Waals surface area contributed by atoms with Crippen molar-refractivity contribution in [3.8, 4) is 11.1 Å². The molecule has 2 atom stereocenters. The maximum atomic E-state index is 2.44. The third-order valence-electron chi connectivity index (χ3n) is 9.32. The van der Waals surface area contributed by atoms with E-state index < -0.39 is 0 Å². The highest BCUT2D eigenvalue weighted by Gasteiger charge is 2.38. The number of hydrogen-bond acceptors (Lipinski definition) is 0. The van der Waals surface area contributed by atoms with E-state index in [1.807, 2.05) is 0 Å². The molecule has 0 aliphatic heterocycles.